The predicted molar refractivity (Wildman–Crippen MR) is 63.6 cm³/mol. The molecule has 0 aliphatic carbocycles. The fourth-order valence-corrected chi connectivity index (χ4v) is 3.89. The summed E-state index contributed by atoms with van der Waals surface area (Å²) in [5.41, 5.74) is 2.32. The smallest absolute Gasteiger partial charge is 1.00 e. The minimum Gasteiger partial charge on any atom is -1.00 e. The third-order valence-corrected chi connectivity index (χ3v) is 4.67. The number of hydrogen-bond donors (Lipinski definition) is 0. The van der Waals surface area contributed by atoms with Crippen LogP contribution in [-0.2, 0) is 23.8 Å². The first-order valence-corrected chi connectivity index (χ1v) is 8.40. The summed E-state index contributed by atoms with van der Waals surface area (Å²) in [6.45, 7) is 4.10. The van der Waals surface area contributed by atoms with E-state index in [-0.39, 0.29) is 9.41 Å². The van der Waals surface area contributed by atoms with E-state index in [9.17, 15) is 0 Å². The summed E-state index contributed by atoms with van der Waals surface area (Å²) in [6, 6.07) is 16.1. The van der Waals surface area contributed by atoms with Crippen molar-refractivity contribution in [2.75, 3.05) is 0 Å². The van der Waals surface area contributed by atoms with Gasteiger partial charge in [0.1, 0.15) is 0 Å². The second-order valence-corrected chi connectivity index (χ2v) is 5.88. The Balaban J connectivity index is 0.00000162. The summed E-state index contributed by atoms with van der Waals surface area (Å²) in [5.74, 6) is 1.90. The minimum atomic E-state index is -1.53. The van der Waals surface area contributed by atoms with Crippen LogP contribution in [0.25, 0.3) is 0 Å². The molecule has 0 heterocycles. The van der Waals surface area contributed by atoms with Gasteiger partial charge in [0.2, 0.25) is 0 Å². The van der Waals surface area contributed by atoms with Crippen molar-refractivity contribution in [1.29, 1.82) is 0 Å². The monoisotopic (exact) mass is 432 g/mol. The molecule has 0 N–H and O–H groups in total. The van der Waals surface area contributed by atoms with Gasteiger partial charge in [0.15, 0.2) is 0 Å². The van der Waals surface area contributed by atoms with Gasteiger partial charge < -0.3 is 9.41 Å². The van der Waals surface area contributed by atoms with Crippen molar-refractivity contribution in [2.24, 2.45) is 0 Å². The van der Waals surface area contributed by atoms with Crippen LogP contribution in [0.4, 0.5) is 0 Å². The van der Waals surface area contributed by atoms with Crippen molar-refractivity contribution < 1.29 is 38.9 Å². The molecular weight excluding hydrogens is 417 g/mol. The van der Waals surface area contributed by atoms with Gasteiger partial charge in [0, 0.05) is 0 Å². The van der Waals surface area contributed by atoms with Crippen LogP contribution in [0.5, 0.6) is 11.5 Å². The average Bonchev–Trinajstić information content (AvgIpc) is 2.34. The van der Waals surface area contributed by atoms with E-state index in [0.29, 0.717) is 0 Å². The molecule has 2 aromatic rings. The summed E-state index contributed by atoms with van der Waals surface area (Å²) in [6.07, 6.45) is 0. The first-order valence-electron chi connectivity index (χ1n) is 5.47. The number of para-hydroxylation sites is 2. The molecule has 0 fully saturated rings. The normalized spacial score (nSPS) is 8.53. The largest absolute Gasteiger partial charge is 1.00 e. The molecule has 0 radical (unpaired) electrons. The van der Waals surface area contributed by atoms with Crippen molar-refractivity contribution in [3.8, 4) is 11.5 Å². The van der Waals surface area contributed by atoms with Gasteiger partial charge in [-0.2, -0.15) is 0 Å². The Bertz CT molecular complexity index is 461. The summed E-state index contributed by atoms with van der Waals surface area (Å²) in [4.78, 5) is 0. The number of hydrogen-bond acceptors (Lipinski definition) is 2. The van der Waals surface area contributed by atoms with Gasteiger partial charge in [-0.15, -0.1) is 0 Å². The molecule has 5 heteroatoms. The van der Waals surface area contributed by atoms with Crippen molar-refractivity contribution in [1.82, 2.24) is 0 Å². The Hall–Kier alpha value is -1.23. The van der Waals surface area contributed by atoms with E-state index in [1.165, 1.54) is 0 Å². The fraction of sp³-hybridized carbons (Fsp3) is 0.143. The van der Waals surface area contributed by atoms with E-state index >= 15 is 0 Å². The van der Waals surface area contributed by atoms with Crippen molar-refractivity contribution in [3.63, 3.8) is 0 Å². The predicted octanol–water partition coefficient (Wildman–Crippen LogP) is -2.32. The van der Waals surface area contributed by atoms with E-state index in [0.717, 1.165) is 22.6 Å². The maximum Gasteiger partial charge on any atom is -1.00 e. The second kappa shape index (κ2) is 8.80. The van der Waals surface area contributed by atoms with E-state index < -0.39 is 23.8 Å². The van der Waals surface area contributed by atoms with Gasteiger partial charge in [-0.3, -0.25) is 0 Å². The Morgan fingerprint density at radius 3 is 1.42 bits per heavy atom. The zero-order valence-electron chi connectivity index (χ0n) is 10.7. The molecule has 0 amide bonds. The van der Waals surface area contributed by atoms with Crippen LogP contribution >= 0.6 is 0 Å². The third kappa shape index (κ3) is 5.11. The maximum absolute atomic E-state index is 5.77. The molecule has 0 spiro atoms. The Kier molecular flexibility index (Phi) is 8.23. The van der Waals surface area contributed by atoms with Crippen molar-refractivity contribution >= 4 is 0 Å². The van der Waals surface area contributed by atoms with Crippen molar-refractivity contribution in [3.05, 3.63) is 59.7 Å². The summed E-state index contributed by atoms with van der Waals surface area (Å²) >= 11 is -1.53. The van der Waals surface area contributed by atoms with Crippen LogP contribution in [0.1, 0.15) is 11.1 Å². The van der Waals surface area contributed by atoms with Crippen LogP contribution in [0, 0.1) is 13.8 Å². The first-order chi connectivity index (χ1) is 8.27. The number of rotatable bonds is 4. The summed E-state index contributed by atoms with van der Waals surface area (Å²) in [5, 5.41) is 0. The van der Waals surface area contributed by atoms with Gasteiger partial charge in [-0.1, -0.05) is 0 Å². The van der Waals surface area contributed by atoms with Gasteiger partial charge in [0.25, 0.3) is 0 Å². The van der Waals surface area contributed by atoms with E-state index in [1.54, 1.807) is 0 Å². The molecule has 100 valence electrons. The molecule has 0 bridgehead atoms. The Morgan fingerprint density at radius 2 is 1.05 bits per heavy atom. The molecule has 2 nitrogen and oxygen atoms in total. The molecule has 0 aliphatic rings. The quantitative estimate of drug-likeness (QED) is 0.507. The molecule has 0 atom stereocenters. The Labute approximate surface area is 124 Å². The molecule has 0 aromatic heterocycles. The van der Waals surface area contributed by atoms with Crippen LogP contribution in [0.15, 0.2) is 48.5 Å². The zero-order chi connectivity index (χ0) is 12.1. The summed E-state index contributed by atoms with van der Waals surface area (Å²) in [7, 11) is 0. The van der Waals surface area contributed by atoms with Gasteiger partial charge in [-0.05, 0) is 0 Å². The van der Waals surface area contributed by atoms with Crippen LogP contribution in [0.2, 0.25) is 0 Å². The first kappa shape index (κ1) is 17.8. The summed E-state index contributed by atoms with van der Waals surface area (Å²) < 4.78 is 11.5. The second-order valence-electron chi connectivity index (χ2n) is 3.82. The molecular formula is C14H14F2HfO2. The molecule has 0 saturated carbocycles. The maximum atomic E-state index is 5.77. The third-order valence-electron chi connectivity index (χ3n) is 2.49. The standard InChI is InChI=1S/2C7H8O.2FH.Hf/c2*1-6-4-2-3-5-7(6)8;;;/h2*2-5,8H,1H3;2*1H;/q;;;;+4/p-4. The number of halogens is 2. The topological polar surface area (TPSA) is 18.5 Å². The molecule has 2 aromatic carbocycles. The Morgan fingerprint density at radius 1 is 0.684 bits per heavy atom. The molecule has 0 saturated heterocycles. The van der Waals surface area contributed by atoms with E-state index in [4.69, 9.17) is 5.71 Å². The van der Waals surface area contributed by atoms with Gasteiger partial charge in [0.05, 0.1) is 0 Å². The average molecular weight is 431 g/mol. The molecule has 0 aliphatic heterocycles. The number of benzene rings is 2. The van der Waals surface area contributed by atoms with Crippen LogP contribution < -0.4 is 15.1 Å². The zero-order valence-corrected chi connectivity index (χ0v) is 14.3. The van der Waals surface area contributed by atoms with Crippen LogP contribution in [0.3, 0.4) is 0 Å². The SMILES string of the molecule is Cc1ccccc1[O][Hf+2][O]c1ccccc1C.[F-].[F-]. The van der Waals surface area contributed by atoms with Crippen LogP contribution in [-0.4, -0.2) is 0 Å². The minimum absolute atomic E-state index is 0. The molecule has 19 heavy (non-hydrogen) atoms. The van der Waals surface area contributed by atoms with E-state index in [2.05, 4.69) is 0 Å². The molecule has 2 rings (SSSR count). The van der Waals surface area contributed by atoms with Gasteiger partial charge >= 0.3 is 114 Å². The van der Waals surface area contributed by atoms with Crippen molar-refractivity contribution in [2.45, 2.75) is 13.8 Å². The molecule has 0 unspecified atom stereocenters. The van der Waals surface area contributed by atoms with E-state index in [1.807, 2.05) is 62.4 Å². The fourth-order valence-electron chi connectivity index (χ4n) is 1.45. The number of aryl methyl sites for hydroxylation is 2. The van der Waals surface area contributed by atoms with Gasteiger partial charge in [-0.25, -0.2) is 0 Å².